The van der Waals surface area contributed by atoms with Crippen molar-refractivity contribution >= 4 is 0 Å². The first-order chi connectivity index (χ1) is 8.22. The summed E-state index contributed by atoms with van der Waals surface area (Å²) < 4.78 is 15.4. The van der Waals surface area contributed by atoms with Crippen molar-refractivity contribution in [3.63, 3.8) is 0 Å². The van der Waals surface area contributed by atoms with Crippen LogP contribution in [0.4, 0.5) is 4.39 Å². The molecule has 88 valence electrons. The molecule has 0 bridgehead atoms. The van der Waals surface area contributed by atoms with Crippen LogP contribution in [-0.2, 0) is 13.0 Å². The molecule has 0 N–H and O–H groups in total. The third kappa shape index (κ3) is 1.97. The number of aryl methyl sites for hydroxylation is 1. The van der Waals surface area contributed by atoms with Crippen LogP contribution in [0.3, 0.4) is 0 Å². The van der Waals surface area contributed by atoms with Gasteiger partial charge in [-0.2, -0.15) is 0 Å². The zero-order chi connectivity index (χ0) is 11.8. The number of rotatable bonds is 1. The van der Waals surface area contributed by atoms with Crippen LogP contribution in [0.5, 0.6) is 0 Å². The van der Waals surface area contributed by atoms with Gasteiger partial charge in [-0.25, -0.2) is 9.37 Å². The lowest BCUT2D eigenvalue weighted by Gasteiger charge is -2.19. The van der Waals surface area contributed by atoms with Crippen molar-refractivity contribution in [3.05, 3.63) is 42.1 Å². The largest absolute Gasteiger partial charge is 0.334 e. The van der Waals surface area contributed by atoms with Crippen LogP contribution in [0.25, 0.3) is 11.3 Å². The first-order valence-corrected chi connectivity index (χ1v) is 6.04. The summed E-state index contributed by atoms with van der Waals surface area (Å²) in [5, 5.41) is 0. The molecule has 1 atom stereocenters. The van der Waals surface area contributed by atoms with Gasteiger partial charge in [-0.05, 0) is 24.5 Å². The Morgan fingerprint density at radius 1 is 1.41 bits per heavy atom. The zero-order valence-corrected chi connectivity index (χ0v) is 9.86. The minimum Gasteiger partial charge on any atom is -0.334 e. The van der Waals surface area contributed by atoms with Gasteiger partial charge in [0.25, 0.3) is 0 Å². The van der Waals surface area contributed by atoms with Crippen molar-refractivity contribution in [2.75, 3.05) is 0 Å². The van der Waals surface area contributed by atoms with E-state index in [0.29, 0.717) is 5.92 Å². The van der Waals surface area contributed by atoms with Gasteiger partial charge in [-0.15, -0.1) is 0 Å². The molecule has 0 amide bonds. The first-order valence-electron chi connectivity index (χ1n) is 6.04. The Morgan fingerprint density at radius 2 is 2.29 bits per heavy atom. The third-order valence-corrected chi connectivity index (χ3v) is 3.35. The molecule has 0 fully saturated rings. The Kier molecular flexibility index (Phi) is 2.46. The second-order valence-corrected chi connectivity index (χ2v) is 4.85. The van der Waals surface area contributed by atoms with E-state index in [0.717, 1.165) is 30.0 Å². The number of hydrogen-bond acceptors (Lipinski definition) is 1. The average Bonchev–Trinajstić information content (AvgIpc) is 2.72. The number of fused-ring (bicyclic) bond motifs is 1. The van der Waals surface area contributed by atoms with Gasteiger partial charge in [0.1, 0.15) is 11.6 Å². The lowest BCUT2D eigenvalue weighted by molar-refractivity contribution is 0.394. The molecule has 0 saturated heterocycles. The first kappa shape index (κ1) is 10.5. The molecular formula is C14H15FN2. The molecular weight excluding hydrogens is 215 g/mol. The molecule has 2 nitrogen and oxygen atoms in total. The maximum atomic E-state index is 13.2. The summed E-state index contributed by atoms with van der Waals surface area (Å²) in [7, 11) is 0. The summed E-state index contributed by atoms with van der Waals surface area (Å²) in [6.45, 7) is 3.28. The molecule has 0 unspecified atom stereocenters. The predicted octanol–water partition coefficient (Wildman–Crippen LogP) is 3.27. The number of benzene rings is 1. The van der Waals surface area contributed by atoms with Crippen LogP contribution in [0.1, 0.15) is 19.2 Å². The fraction of sp³-hybridized carbons (Fsp3) is 0.357. The minimum absolute atomic E-state index is 0.207. The monoisotopic (exact) mass is 230 g/mol. The number of hydrogen-bond donors (Lipinski definition) is 0. The van der Waals surface area contributed by atoms with E-state index in [1.807, 2.05) is 12.3 Å². The molecule has 1 aromatic heterocycles. The topological polar surface area (TPSA) is 17.8 Å². The summed E-state index contributed by atoms with van der Waals surface area (Å²) in [5.41, 5.74) is 1.74. The standard InChI is InChI=1S/C14H15FN2/c1-10-5-6-14-16-13(9-17(14)8-10)11-3-2-4-12(15)7-11/h2-4,7,9-10H,5-6,8H2,1H3/t10-/m1/s1. The number of halogens is 1. The molecule has 2 heterocycles. The molecule has 0 radical (unpaired) electrons. The molecule has 3 heteroatoms. The fourth-order valence-electron chi connectivity index (χ4n) is 2.40. The highest BCUT2D eigenvalue weighted by molar-refractivity contribution is 5.58. The van der Waals surface area contributed by atoms with Gasteiger partial charge >= 0.3 is 0 Å². The highest BCUT2D eigenvalue weighted by Gasteiger charge is 2.17. The van der Waals surface area contributed by atoms with Crippen LogP contribution in [0, 0.1) is 11.7 Å². The molecule has 1 aliphatic rings. The van der Waals surface area contributed by atoms with Gasteiger partial charge < -0.3 is 4.57 Å². The van der Waals surface area contributed by atoms with E-state index in [1.165, 1.54) is 18.6 Å². The van der Waals surface area contributed by atoms with Gasteiger partial charge in [0.15, 0.2) is 0 Å². The zero-order valence-electron chi connectivity index (χ0n) is 9.86. The van der Waals surface area contributed by atoms with E-state index in [9.17, 15) is 4.39 Å². The predicted molar refractivity (Wildman–Crippen MR) is 65.1 cm³/mol. The Balaban J connectivity index is 2.00. The molecule has 0 aliphatic carbocycles. The average molecular weight is 230 g/mol. The Morgan fingerprint density at radius 3 is 3.12 bits per heavy atom. The van der Waals surface area contributed by atoms with Crippen molar-refractivity contribution in [2.45, 2.75) is 26.3 Å². The summed E-state index contributed by atoms with van der Waals surface area (Å²) in [5.74, 6) is 1.63. The molecule has 1 aromatic carbocycles. The van der Waals surface area contributed by atoms with Crippen molar-refractivity contribution in [1.82, 2.24) is 9.55 Å². The second kappa shape index (κ2) is 3.99. The Bertz CT molecular complexity index is 545. The van der Waals surface area contributed by atoms with Gasteiger partial charge in [0, 0.05) is 24.7 Å². The van der Waals surface area contributed by atoms with Crippen LogP contribution in [0.2, 0.25) is 0 Å². The van der Waals surface area contributed by atoms with Gasteiger partial charge in [-0.3, -0.25) is 0 Å². The number of nitrogens with zero attached hydrogens (tertiary/aromatic N) is 2. The Hall–Kier alpha value is -1.64. The molecule has 3 rings (SSSR count). The van der Waals surface area contributed by atoms with E-state index >= 15 is 0 Å². The van der Waals surface area contributed by atoms with E-state index in [-0.39, 0.29) is 5.82 Å². The maximum absolute atomic E-state index is 13.2. The molecule has 0 spiro atoms. The van der Waals surface area contributed by atoms with Gasteiger partial charge in [0.05, 0.1) is 5.69 Å². The van der Waals surface area contributed by atoms with Gasteiger partial charge in [-0.1, -0.05) is 19.1 Å². The SMILES string of the molecule is C[C@@H]1CCc2nc(-c3cccc(F)c3)cn2C1. The lowest BCUT2D eigenvalue weighted by atomic mass is 10.0. The fourth-order valence-corrected chi connectivity index (χ4v) is 2.40. The van der Waals surface area contributed by atoms with Crippen molar-refractivity contribution in [3.8, 4) is 11.3 Å². The van der Waals surface area contributed by atoms with E-state index in [4.69, 9.17) is 0 Å². The number of aromatic nitrogens is 2. The van der Waals surface area contributed by atoms with E-state index < -0.39 is 0 Å². The highest BCUT2D eigenvalue weighted by atomic mass is 19.1. The quantitative estimate of drug-likeness (QED) is 0.735. The molecule has 2 aromatic rings. The molecule has 0 saturated carbocycles. The van der Waals surface area contributed by atoms with Crippen molar-refractivity contribution in [1.29, 1.82) is 0 Å². The minimum atomic E-state index is -0.207. The molecule has 17 heavy (non-hydrogen) atoms. The summed E-state index contributed by atoms with van der Waals surface area (Å²) in [4.78, 5) is 4.59. The Labute approximate surface area is 100 Å². The van der Waals surface area contributed by atoms with Crippen LogP contribution in [-0.4, -0.2) is 9.55 Å². The summed E-state index contributed by atoms with van der Waals surface area (Å²) >= 11 is 0. The van der Waals surface area contributed by atoms with Crippen molar-refractivity contribution < 1.29 is 4.39 Å². The number of imidazole rings is 1. The summed E-state index contributed by atoms with van der Waals surface area (Å²) in [6.07, 6.45) is 4.26. The third-order valence-electron chi connectivity index (χ3n) is 3.35. The lowest BCUT2D eigenvalue weighted by Crippen LogP contribution is -2.17. The van der Waals surface area contributed by atoms with Crippen LogP contribution >= 0.6 is 0 Å². The summed E-state index contributed by atoms with van der Waals surface area (Å²) in [6, 6.07) is 6.63. The van der Waals surface area contributed by atoms with Gasteiger partial charge in [0.2, 0.25) is 0 Å². The van der Waals surface area contributed by atoms with Crippen LogP contribution < -0.4 is 0 Å². The normalized spacial score (nSPS) is 19.1. The highest BCUT2D eigenvalue weighted by Crippen LogP contribution is 2.24. The second-order valence-electron chi connectivity index (χ2n) is 4.85. The molecule has 1 aliphatic heterocycles. The van der Waals surface area contributed by atoms with Crippen LogP contribution in [0.15, 0.2) is 30.5 Å². The smallest absolute Gasteiger partial charge is 0.123 e. The van der Waals surface area contributed by atoms with E-state index in [2.05, 4.69) is 16.5 Å². The van der Waals surface area contributed by atoms with E-state index in [1.54, 1.807) is 6.07 Å². The van der Waals surface area contributed by atoms with Crippen molar-refractivity contribution in [2.24, 2.45) is 5.92 Å². The maximum Gasteiger partial charge on any atom is 0.123 e.